The molecule has 1 aromatic heterocycles. The Balaban J connectivity index is 2.53. The molecule has 0 radical (unpaired) electrons. The molecule has 21 heavy (non-hydrogen) atoms. The number of nitrogens with zero attached hydrogens (tertiary/aromatic N) is 2. The van der Waals surface area contributed by atoms with Gasteiger partial charge in [0.25, 0.3) is 0 Å². The van der Waals surface area contributed by atoms with E-state index in [1.165, 1.54) is 30.1 Å². The average Bonchev–Trinajstić information content (AvgIpc) is 2.84. The van der Waals surface area contributed by atoms with Crippen molar-refractivity contribution >= 4 is 39.4 Å². The number of hydrogen-bond donors (Lipinski definition) is 1. The van der Waals surface area contributed by atoms with E-state index in [0.717, 1.165) is 4.31 Å². The molecule has 116 valence electrons. The number of halogens is 1. The fraction of sp³-hybridized carbons (Fsp3) is 0.500. The number of hydrogen-bond acceptors (Lipinski definition) is 5. The molecular formula is C12H15ClN2O4S2. The summed E-state index contributed by atoms with van der Waals surface area (Å²) in [6.45, 7) is 3.71. The fourth-order valence-electron chi connectivity index (χ4n) is 2.16. The molecule has 1 aliphatic heterocycles. The molecule has 6 nitrogen and oxygen atoms in total. The molecule has 1 saturated heterocycles. The lowest BCUT2D eigenvalue weighted by atomic mass is 10.2. The van der Waals surface area contributed by atoms with Gasteiger partial charge in [0.15, 0.2) is 0 Å². The minimum absolute atomic E-state index is 0.0235. The van der Waals surface area contributed by atoms with E-state index in [1.807, 2.05) is 13.8 Å². The van der Waals surface area contributed by atoms with Crippen molar-refractivity contribution in [1.29, 1.82) is 0 Å². The maximum atomic E-state index is 12.8. The third-order valence-corrected chi connectivity index (χ3v) is 7.21. The van der Waals surface area contributed by atoms with Crippen molar-refractivity contribution in [2.75, 3.05) is 5.75 Å². The van der Waals surface area contributed by atoms with Gasteiger partial charge in [-0.2, -0.15) is 4.31 Å². The summed E-state index contributed by atoms with van der Waals surface area (Å²) >= 11 is 7.20. The largest absolute Gasteiger partial charge is 0.480 e. The summed E-state index contributed by atoms with van der Waals surface area (Å²) in [4.78, 5) is 15.0. The van der Waals surface area contributed by atoms with Crippen molar-refractivity contribution in [3.05, 3.63) is 23.5 Å². The van der Waals surface area contributed by atoms with Gasteiger partial charge in [0.1, 0.15) is 16.1 Å². The second-order valence-electron chi connectivity index (χ2n) is 4.95. The molecule has 0 saturated carbocycles. The second kappa shape index (κ2) is 6.12. The first-order chi connectivity index (χ1) is 9.76. The third kappa shape index (κ3) is 3.03. The zero-order valence-electron chi connectivity index (χ0n) is 11.4. The van der Waals surface area contributed by atoms with Gasteiger partial charge in [-0.15, -0.1) is 11.8 Å². The molecule has 0 spiro atoms. The summed E-state index contributed by atoms with van der Waals surface area (Å²) in [6.07, 6.45) is 1.38. The first kappa shape index (κ1) is 16.5. The summed E-state index contributed by atoms with van der Waals surface area (Å²) in [6, 6.07) is 1.70. The van der Waals surface area contributed by atoms with Crippen LogP contribution >= 0.6 is 23.4 Å². The Labute approximate surface area is 132 Å². The Bertz CT molecular complexity index is 650. The van der Waals surface area contributed by atoms with Gasteiger partial charge in [-0.3, -0.25) is 4.79 Å². The molecule has 1 fully saturated rings. The first-order valence-corrected chi connectivity index (χ1v) is 9.12. The third-order valence-electron chi connectivity index (χ3n) is 3.12. The molecule has 2 unspecified atom stereocenters. The summed E-state index contributed by atoms with van der Waals surface area (Å²) in [5.41, 5.74) is 0. The van der Waals surface area contributed by atoms with Crippen LogP contribution in [0, 0.1) is 5.92 Å². The standard InChI is InChI=1S/C12H15ClN2O4S2/c1-7(2)11-15(8(6-20-11)12(16)17)21(18,19)9-4-3-5-14-10(9)13/h3-5,7-8,11H,6H2,1-2H3,(H,16,17). The predicted octanol–water partition coefficient (Wildman–Crippen LogP) is 1.91. The number of rotatable bonds is 4. The van der Waals surface area contributed by atoms with E-state index < -0.39 is 27.4 Å². The van der Waals surface area contributed by atoms with Gasteiger partial charge in [0.2, 0.25) is 10.0 Å². The highest BCUT2D eigenvalue weighted by Gasteiger charge is 2.48. The zero-order chi connectivity index (χ0) is 15.8. The molecule has 0 amide bonds. The Morgan fingerprint density at radius 3 is 2.76 bits per heavy atom. The van der Waals surface area contributed by atoms with Crippen LogP contribution in [-0.4, -0.2) is 46.0 Å². The monoisotopic (exact) mass is 350 g/mol. The fourth-order valence-corrected chi connectivity index (χ4v) is 6.31. The van der Waals surface area contributed by atoms with Crippen LogP contribution in [0.15, 0.2) is 23.2 Å². The highest BCUT2D eigenvalue weighted by Crippen LogP contribution is 2.39. The SMILES string of the molecule is CC(C)C1SCC(C(=O)O)N1S(=O)(=O)c1cccnc1Cl. The molecule has 1 N–H and O–H groups in total. The van der Waals surface area contributed by atoms with Crippen molar-refractivity contribution in [3.8, 4) is 0 Å². The predicted molar refractivity (Wildman–Crippen MR) is 80.8 cm³/mol. The Kier molecular flexibility index (Phi) is 4.82. The van der Waals surface area contributed by atoms with Crippen LogP contribution in [0.2, 0.25) is 5.15 Å². The number of carbonyl (C=O) groups is 1. The highest BCUT2D eigenvalue weighted by atomic mass is 35.5. The number of carboxylic acids is 1. The summed E-state index contributed by atoms with van der Waals surface area (Å²) in [5.74, 6) is -0.964. The van der Waals surface area contributed by atoms with Crippen molar-refractivity contribution in [2.45, 2.75) is 30.2 Å². The number of aliphatic carboxylic acids is 1. The first-order valence-electron chi connectivity index (χ1n) is 6.25. The molecular weight excluding hydrogens is 336 g/mol. The number of sulfonamides is 1. The minimum Gasteiger partial charge on any atom is -0.480 e. The Morgan fingerprint density at radius 1 is 1.57 bits per heavy atom. The summed E-state index contributed by atoms with van der Waals surface area (Å²) in [7, 11) is -4.02. The maximum Gasteiger partial charge on any atom is 0.322 e. The lowest BCUT2D eigenvalue weighted by Gasteiger charge is -2.28. The molecule has 0 aromatic carbocycles. The van der Waals surface area contributed by atoms with Gasteiger partial charge in [-0.25, -0.2) is 13.4 Å². The summed E-state index contributed by atoms with van der Waals surface area (Å²) in [5, 5.41) is 8.71. The van der Waals surface area contributed by atoms with Gasteiger partial charge >= 0.3 is 5.97 Å². The molecule has 2 atom stereocenters. The van der Waals surface area contributed by atoms with Crippen LogP contribution in [0.5, 0.6) is 0 Å². The molecule has 0 aliphatic carbocycles. The second-order valence-corrected chi connectivity index (χ2v) is 8.27. The number of carboxylic acid groups (broad SMARTS) is 1. The van der Waals surface area contributed by atoms with Crippen LogP contribution < -0.4 is 0 Å². The number of aromatic nitrogens is 1. The lowest BCUT2D eigenvalue weighted by Crippen LogP contribution is -2.47. The van der Waals surface area contributed by atoms with Crippen molar-refractivity contribution < 1.29 is 18.3 Å². The zero-order valence-corrected chi connectivity index (χ0v) is 13.8. The van der Waals surface area contributed by atoms with Gasteiger partial charge in [0, 0.05) is 11.9 Å². The van der Waals surface area contributed by atoms with Crippen LogP contribution in [0.1, 0.15) is 13.8 Å². The normalized spacial score (nSPS) is 23.6. The van der Waals surface area contributed by atoms with E-state index in [-0.39, 0.29) is 21.7 Å². The molecule has 0 bridgehead atoms. The number of thioether (sulfide) groups is 1. The minimum atomic E-state index is -4.02. The number of pyridine rings is 1. The molecule has 1 aliphatic rings. The maximum absolute atomic E-state index is 12.8. The van der Waals surface area contributed by atoms with Gasteiger partial charge < -0.3 is 5.11 Å². The Hall–Kier alpha value is -0.830. The van der Waals surface area contributed by atoms with Crippen LogP contribution in [-0.2, 0) is 14.8 Å². The van der Waals surface area contributed by atoms with Crippen molar-refractivity contribution in [1.82, 2.24) is 9.29 Å². The van der Waals surface area contributed by atoms with E-state index in [0.29, 0.717) is 0 Å². The average molecular weight is 351 g/mol. The van der Waals surface area contributed by atoms with Gasteiger partial charge in [-0.1, -0.05) is 25.4 Å². The molecule has 2 heterocycles. The van der Waals surface area contributed by atoms with E-state index in [2.05, 4.69) is 4.98 Å². The van der Waals surface area contributed by atoms with Crippen LogP contribution in [0.25, 0.3) is 0 Å². The highest BCUT2D eigenvalue weighted by molar-refractivity contribution is 8.01. The van der Waals surface area contributed by atoms with E-state index in [9.17, 15) is 18.3 Å². The van der Waals surface area contributed by atoms with Crippen molar-refractivity contribution in [2.24, 2.45) is 5.92 Å². The topological polar surface area (TPSA) is 87.6 Å². The van der Waals surface area contributed by atoms with E-state index in [4.69, 9.17) is 11.6 Å². The molecule has 9 heteroatoms. The quantitative estimate of drug-likeness (QED) is 0.834. The van der Waals surface area contributed by atoms with E-state index >= 15 is 0 Å². The Morgan fingerprint density at radius 2 is 2.24 bits per heavy atom. The van der Waals surface area contributed by atoms with Crippen LogP contribution in [0.4, 0.5) is 0 Å². The lowest BCUT2D eigenvalue weighted by molar-refractivity contribution is -0.140. The van der Waals surface area contributed by atoms with Gasteiger partial charge in [-0.05, 0) is 18.1 Å². The summed E-state index contributed by atoms with van der Waals surface area (Å²) < 4.78 is 26.7. The van der Waals surface area contributed by atoms with Gasteiger partial charge in [0.05, 0.1) is 5.37 Å². The van der Waals surface area contributed by atoms with Crippen molar-refractivity contribution in [3.63, 3.8) is 0 Å². The van der Waals surface area contributed by atoms with E-state index in [1.54, 1.807) is 0 Å². The molecule has 1 aromatic rings. The molecule has 2 rings (SSSR count). The smallest absolute Gasteiger partial charge is 0.322 e. The van der Waals surface area contributed by atoms with Crippen LogP contribution in [0.3, 0.4) is 0 Å².